The first-order chi connectivity index (χ1) is 10.2. The Bertz CT molecular complexity index is 353. The fraction of sp³-hybridized carbons (Fsp3) is 0.667. The van der Waals surface area contributed by atoms with Crippen molar-refractivity contribution in [3.63, 3.8) is 0 Å². The van der Waals surface area contributed by atoms with Crippen molar-refractivity contribution in [2.45, 2.75) is 37.8 Å². The van der Waals surface area contributed by atoms with Gasteiger partial charge in [-0.3, -0.25) is 0 Å². The van der Waals surface area contributed by atoms with Crippen molar-refractivity contribution in [3.8, 4) is 0 Å². The maximum absolute atomic E-state index is 10.9. The molecule has 0 spiro atoms. The van der Waals surface area contributed by atoms with E-state index in [9.17, 15) is 69.2 Å². The van der Waals surface area contributed by atoms with Crippen molar-refractivity contribution in [2.24, 2.45) is 0 Å². The topological polar surface area (TPSA) is 120 Å². The maximum atomic E-state index is 10.9. The molecule has 6 nitrogen and oxygen atoms in total. The quantitative estimate of drug-likeness (QED) is 0.448. The molecule has 25 heavy (non-hydrogen) atoms. The van der Waals surface area contributed by atoms with Crippen LogP contribution in [0.4, 0.5) is 39.5 Å². The van der Waals surface area contributed by atoms with Crippen LogP contribution in [0.15, 0.2) is 0 Å². The van der Waals surface area contributed by atoms with E-state index in [-0.39, 0.29) is 25.8 Å². The number of alkyl halides is 9. The first-order valence-corrected chi connectivity index (χ1v) is 5.05. The van der Waals surface area contributed by atoms with Gasteiger partial charge in [0.1, 0.15) is 0 Å². The van der Waals surface area contributed by atoms with Gasteiger partial charge in [0.15, 0.2) is 0 Å². The third-order valence-electron chi connectivity index (χ3n) is 1.03. The summed E-state index contributed by atoms with van der Waals surface area (Å²) >= 11 is 0. The molecule has 0 saturated carbocycles. The summed E-state index contributed by atoms with van der Waals surface area (Å²) in [4.78, 5) is 27.6. The Hall–Kier alpha value is -1.35. The van der Waals surface area contributed by atoms with E-state index in [1.807, 2.05) is 0 Å². The SMILES string of the molecule is O=C([O-])CC(F)(F)F.O=C([O-])CC(F)(F)F.O=C([O-])CC(F)(F)F.[In+3]. The summed E-state index contributed by atoms with van der Waals surface area (Å²) in [6, 6.07) is 0. The first kappa shape index (κ1) is 31.4. The molecule has 0 saturated heterocycles. The first-order valence-electron chi connectivity index (χ1n) is 5.05. The molecular formula is C9H6F9InO6. The minimum atomic E-state index is -4.64. The summed E-state index contributed by atoms with van der Waals surface area (Å²) in [7, 11) is 0. The molecule has 0 heterocycles. The van der Waals surface area contributed by atoms with E-state index in [0.29, 0.717) is 0 Å². The number of carboxylic acids is 3. The molecule has 0 N–H and O–H groups in total. The molecule has 16 heteroatoms. The van der Waals surface area contributed by atoms with Gasteiger partial charge in [-0.1, -0.05) is 0 Å². The smallest absolute Gasteiger partial charge is 0.550 e. The Labute approximate surface area is 151 Å². The third-order valence-corrected chi connectivity index (χ3v) is 1.03. The van der Waals surface area contributed by atoms with Crippen molar-refractivity contribution in [1.82, 2.24) is 0 Å². The van der Waals surface area contributed by atoms with Gasteiger partial charge in [0, 0.05) is 0 Å². The van der Waals surface area contributed by atoms with E-state index in [1.165, 1.54) is 0 Å². The van der Waals surface area contributed by atoms with Gasteiger partial charge < -0.3 is 29.7 Å². The molecule has 0 rings (SSSR count). The van der Waals surface area contributed by atoms with Crippen LogP contribution in [-0.4, -0.2) is 62.3 Å². The number of aliphatic carboxylic acids is 3. The number of carboxylic acid groups (broad SMARTS) is 3. The van der Waals surface area contributed by atoms with Gasteiger partial charge in [-0.15, -0.1) is 0 Å². The van der Waals surface area contributed by atoms with E-state index in [2.05, 4.69) is 0 Å². The van der Waals surface area contributed by atoms with Gasteiger partial charge in [0.05, 0.1) is 37.2 Å². The van der Waals surface area contributed by atoms with Crippen LogP contribution in [-0.2, 0) is 14.4 Å². The van der Waals surface area contributed by atoms with Crippen LogP contribution in [0.2, 0.25) is 0 Å². The van der Waals surface area contributed by atoms with Crippen LogP contribution in [0.25, 0.3) is 0 Å². The molecular weight excluding hydrogens is 490 g/mol. The summed E-state index contributed by atoms with van der Waals surface area (Å²) in [5.41, 5.74) is 0. The Kier molecular flexibility index (Phi) is 16.3. The second-order valence-electron chi connectivity index (χ2n) is 3.49. The van der Waals surface area contributed by atoms with Crippen LogP contribution in [0.3, 0.4) is 0 Å². The van der Waals surface area contributed by atoms with Crippen LogP contribution in [0.1, 0.15) is 19.3 Å². The van der Waals surface area contributed by atoms with E-state index < -0.39 is 55.7 Å². The number of carbonyl (C=O) groups is 3. The van der Waals surface area contributed by atoms with E-state index >= 15 is 0 Å². The Morgan fingerprint density at radius 2 is 0.640 bits per heavy atom. The molecule has 0 aliphatic heterocycles. The largest absolute Gasteiger partial charge is 3.00 e. The number of hydrogen-bond acceptors (Lipinski definition) is 6. The maximum Gasteiger partial charge on any atom is 3.00 e. The van der Waals surface area contributed by atoms with E-state index in [1.54, 1.807) is 0 Å². The molecule has 0 aromatic carbocycles. The van der Waals surface area contributed by atoms with Gasteiger partial charge in [0.2, 0.25) is 0 Å². The zero-order valence-corrected chi connectivity index (χ0v) is 14.8. The Balaban J connectivity index is -0.000000130. The molecule has 0 aliphatic carbocycles. The van der Waals surface area contributed by atoms with Crippen LogP contribution >= 0.6 is 0 Å². The zero-order chi connectivity index (χ0) is 20.4. The summed E-state index contributed by atoms with van der Waals surface area (Å²) in [6.07, 6.45) is -19.5. The summed E-state index contributed by atoms with van der Waals surface area (Å²) in [5, 5.41) is 27.6. The normalized spacial score (nSPS) is 10.9. The molecule has 144 valence electrons. The van der Waals surface area contributed by atoms with Crippen molar-refractivity contribution >= 4 is 43.8 Å². The number of rotatable bonds is 3. The number of halogens is 9. The second kappa shape index (κ2) is 12.9. The Morgan fingerprint density at radius 1 is 0.520 bits per heavy atom. The standard InChI is InChI=1S/3C3H3F3O2.In/c3*4-3(5,6)1-2(7)8;/h3*1H2,(H,7,8);/q;;;+3/p-3. The van der Waals surface area contributed by atoms with Crippen molar-refractivity contribution in [3.05, 3.63) is 0 Å². The minimum Gasteiger partial charge on any atom is -0.550 e. The molecule has 0 fully saturated rings. The number of carbonyl (C=O) groups excluding carboxylic acids is 3. The number of hydrogen-bond donors (Lipinski definition) is 0. The fourth-order valence-electron chi connectivity index (χ4n) is 0.491. The van der Waals surface area contributed by atoms with Crippen LogP contribution < -0.4 is 15.3 Å². The Morgan fingerprint density at radius 3 is 0.640 bits per heavy atom. The molecule has 0 atom stereocenters. The second-order valence-corrected chi connectivity index (χ2v) is 3.49. The molecule has 0 bridgehead atoms. The molecule has 0 aromatic heterocycles. The van der Waals surface area contributed by atoms with Crippen molar-refractivity contribution < 1.29 is 69.2 Å². The predicted molar refractivity (Wildman–Crippen MR) is 52.8 cm³/mol. The van der Waals surface area contributed by atoms with Crippen LogP contribution in [0.5, 0.6) is 0 Å². The fourth-order valence-corrected chi connectivity index (χ4v) is 0.491. The molecule has 0 aliphatic rings. The van der Waals surface area contributed by atoms with Gasteiger partial charge in [0.25, 0.3) is 0 Å². The third kappa shape index (κ3) is 51.8. The molecule has 0 unspecified atom stereocenters. The van der Waals surface area contributed by atoms with Gasteiger partial charge in [-0.2, -0.15) is 39.5 Å². The summed E-state index contributed by atoms with van der Waals surface area (Å²) < 4.78 is 98.0. The molecule has 0 aromatic rings. The van der Waals surface area contributed by atoms with Gasteiger partial charge >= 0.3 is 44.4 Å². The molecule has 0 amide bonds. The monoisotopic (exact) mass is 496 g/mol. The van der Waals surface area contributed by atoms with E-state index in [0.717, 1.165) is 0 Å². The van der Waals surface area contributed by atoms with Crippen LogP contribution in [0, 0.1) is 0 Å². The summed E-state index contributed by atoms with van der Waals surface area (Å²) in [5.74, 6) is -6.30. The van der Waals surface area contributed by atoms with Gasteiger partial charge in [-0.05, 0) is 0 Å². The van der Waals surface area contributed by atoms with Crippen molar-refractivity contribution in [1.29, 1.82) is 0 Å². The zero-order valence-electron chi connectivity index (χ0n) is 11.5. The van der Waals surface area contributed by atoms with E-state index in [4.69, 9.17) is 0 Å². The van der Waals surface area contributed by atoms with Gasteiger partial charge in [-0.25, -0.2) is 0 Å². The molecule has 0 radical (unpaired) electrons. The average Bonchev–Trinajstić information content (AvgIpc) is 2.04. The summed E-state index contributed by atoms with van der Waals surface area (Å²) in [6.45, 7) is 0. The predicted octanol–water partition coefficient (Wildman–Crippen LogP) is -1.31. The average molecular weight is 496 g/mol. The van der Waals surface area contributed by atoms with Crippen molar-refractivity contribution in [2.75, 3.05) is 0 Å². The minimum absolute atomic E-state index is 0.